The Morgan fingerprint density at radius 1 is 1.11 bits per heavy atom. The molecule has 0 aliphatic heterocycles. The number of pyridine rings is 1. The Morgan fingerprint density at radius 3 is 2.59 bits per heavy atom. The molecule has 0 saturated heterocycles. The van der Waals surface area contributed by atoms with Gasteiger partial charge in [-0.15, -0.1) is 0 Å². The molecule has 11 heteroatoms. The van der Waals surface area contributed by atoms with Crippen LogP contribution in [0.5, 0.6) is 0 Å². The van der Waals surface area contributed by atoms with Crippen molar-refractivity contribution in [3.05, 3.63) is 87.3 Å². The third-order valence-electron chi connectivity index (χ3n) is 6.36. The number of nitrogens with one attached hydrogen (secondary N) is 2. The fourth-order valence-corrected chi connectivity index (χ4v) is 4.99. The van der Waals surface area contributed by atoms with E-state index in [9.17, 15) is 18.0 Å². The Balaban J connectivity index is 1.48. The maximum atomic E-state index is 12.9. The zero-order valence-corrected chi connectivity index (χ0v) is 21.0. The number of nitrogens with two attached hydrogens (primary N) is 1. The first-order valence-electron chi connectivity index (χ1n) is 11.8. The standard InChI is InChI=1S/C26H26N6O4S/c1-37(35,36)29-12-11-16-5-8-19(9-6-16)30-26-28-14-21-23(33)22(24(27)34)15-32(25(21)31-26)20-10-7-17-3-2-4-18(17)13-20/h5-10,13-15,29H,2-4,11-12H2,1H3,(H2,27,34)(H,28,30,31). The van der Waals surface area contributed by atoms with Crippen molar-refractivity contribution in [3.8, 4) is 5.69 Å². The average molecular weight is 519 g/mol. The lowest BCUT2D eigenvalue weighted by atomic mass is 10.1. The van der Waals surface area contributed by atoms with Crippen molar-refractivity contribution in [1.82, 2.24) is 19.3 Å². The van der Waals surface area contributed by atoms with Crippen LogP contribution in [0.1, 0.15) is 33.5 Å². The quantitative estimate of drug-likeness (QED) is 0.324. The molecular weight excluding hydrogens is 492 g/mol. The van der Waals surface area contributed by atoms with Crippen LogP contribution in [0.15, 0.2) is 59.7 Å². The van der Waals surface area contributed by atoms with E-state index < -0.39 is 21.4 Å². The van der Waals surface area contributed by atoms with E-state index >= 15 is 0 Å². The Bertz CT molecular complexity index is 1680. The number of sulfonamides is 1. The summed E-state index contributed by atoms with van der Waals surface area (Å²) in [6.07, 6.45) is 7.63. The molecule has 0 saturated carbocycles. The number of carbonyl (C=O) groups excluding carboxylic acids is 1. The minimum absolute atomic E-state index is 0.127. The van der Waals surface area contributed by atoms with Gasteiger partial charge in [0.05, 0.1) is 11.6 Å². The van der Waals surface area contributed by atoms with Gasteiger partial charge in [-0.05, 0) is 66.6 Å². The molecule has 4 N–H and O–H groups in total. The van der Waals surface area contributed by atoms with Gasteiger partial charge in [-0.3, -0.25) is 9.59 Å². The highest BCUT2D eigenvalue weighted by Gasteiger charge is 2.18. The normalized spacial score (nSPS) is 13.0. The number of aryl methyl sites for hydroxylation is 2. The zero-order valence-electron chi connectivity index (χ0n) is 20.2. The van der Waals surface area contributed by atoms with E-state index in [1.165, 1.54) is 23.5 Å². The van der Waals surface area contributed by atoms with Gasteiger partial charge >= 0.3 is 0 Å². The molecule has 0 unspecified atom stereocenters. The number of amides is 1. The van der Waals surface area contributed by atoms with Crippen LogP contribution in [-0.4, -0.2) is 41.7 Å². The summed E-state index contributed by atoms with van der Waals surface area (Å²) in [4.78, 5) is 33.9. The smallest absolute Gasteiger partial charge is 0.254 e. The number of fused-ring (bicyclic) bond motifs is 2. The van der Waals surface area contributed by atoms with Crippen molar-refractivity contribution in [2.75, 3.05) is 18.1 Å². The number of hydrogen-bond acceptors (Lipinski definition) is 7. The van der Waals surface area contributed by atoms with E-state index in [-0.39, 0.29) is 16.9 Å². The zero-order chi connectivity index (χ0) is 26.2. The Hall–Kier alpha value is -4.09. The van der Waals surface area contributed by atoms with Gasteiger partial charge in [-0.2, -0.15) is 4.98 Å². The average Bonchev–Trinajstić information content (AvgIpc) is 3.32. The molecule has 2 aromatic carbocycles. The molecule has 4 aromatic rings. The fraction of sp³-hybridized carbons (Fsp3) is 0.231. The molecule has 0 spiro atoms. The van der Waals surface area contributed by atoms with Gasteiger partial charge in [0.2, 0.25) is 21.4 Å². The van der Waals surface area contributed by atoms with E-state index in [1.807, 2.05) is 30.3 Å². The van der Waals surface area contributed by atoms with Crippen LogP contribution in [0.4, 0.5) is 11.6 Å². The molecule has 1 aliphatic rings. The first-order valence-corrected chi connectivity index (χ1v) is 13.7. The summed E-state index contributed by atoms with van der Waals surface area (Å²) in [5, 5.41) is 3.33. The number of benzene rings is 2. The Labute approximate surface area is 213 Å². The van der Waals surface area contributed by atoms with Crippen molar-refractivity contribution < 1.29 is 13.2 Å². The summed E-state index contributed by atoms with van der Waals surface area (Å²) in [6, 6.07) is 13.5. The first-order chi connectivity index (χ1) is 17.7. The molecule has 2 heterocycles. The predicted molar refractivity (Wildman–Crippen MR) is 142 cm³/mol. The largest absolute Gasteiger partial charge is 0.365 e. The van der Waals surface area contributed by atoms with Crippen LogP contribution >= 0.6 is 0 Å². The van der Waals surface area contributed by atoms with E-state index in [0.29, 0.717) is 18.6 Å². The van der Waals surface area contributed by atoms with Crippen LogP contribution in [-0.2, 0) is 29.3 Å². The summed E-state index contributed by atoms with van der Waals surface area (Å²) >= 11 is 0. The molecule has 5 rings (SSSR count). The van der Waals surface area contributed by atoms with Crippen molar-refractivity contribution in [2.45, 2.75) is 25.7 Å². The van der Waals surface area contributed by atoms with E-state index in [4.69, 9.17) is 5.73 Å². The van der Waals surface area contributed by atoms with Crippen LogP contribution in [0.2, 0.25) is 0 Å². The molecule has 1 aliphatic carbocycles. The lowest BCUT2D eigenvalue weighted by molar-refractivity contribution is 0.0999. The van der Waals surface area contributed by atoms with Crippen molar-refractivity contribution >= 4 is 38.6 Å². The predicted octanol–water partition coefficient (Wildman–Crippen LogP) is 2.20. The van der Waals surface area contributed by atoms with Crippen molar-refractivity contribution in [1.29, 1.82) is 0 Å². The molecule has 0 fully saturated rings. The van der Waals surface area contributed by atoms with E-state index in [1.54, 1.807) is 4.57 Å². The number of anilines is 2. The number of nitrogens with zero attached hydrogens (tertiary/aromatic N) is 3. The molecule has 2 aromatic heterocycles. The second-order valence-corrected chi connectivity index (χ2v) is 10.9. The molecule has 0 bridgehead atoms. The topological polar surface area (TPSA) is 149 Å². The molecule has 0 radical (unpaired) electrons. The maximum Gasteiger partial charge on any atom is 0.254 e. The molecule has 0 atom stereocenters. The van der Waals surface area contributed by atoms with Crippen LogP contribution < -0.4 is 21.2 Å². The van der Waals surface area contributed by atoms with Crippen LogP contribution in [0, 0.1) is 0 Å². The van der Waals surface area contributed by atoms with E-state index in [0.717, 1.165) is 42.5 Å². The minimum Gasteiger partial charge on any atom is -0.365 e. The highest BCUT2D eigenvalue weighted by atomic mass is 32.2. The number of rotatable bonds is 8. The summed E-state index contributed by atoms with van der Waals surface area (Å²) in [5.74, 6) is -0.532. The van der Waals surface area contributed by atoms with Crippen LogP contribution in [0.25, 0.3) is 16.7 Å². The van der Waals surface area contributed by atoms with Crippen molar-refractivity contribution in [3.63, 3.8) is 0 Å². The van der Waals surface area contributed by atoms with Gasteiger partial charge in [-0.25, -0.2) is 18.1 Å². The summed E-state index contributed by atoms with van der Waals surface area (Å²) in [6.45, 7) is 0.312. The van der Waals surface area contributed by atoms with Crippen LogP contribution in [0.3, 0.4) is 0 Å². The Kier molecular flexibility index (Phi) is 6.48. The third kappa shape index (κ3) is 5.37. The van der Waals surface area contributed by atoms with Gasteiger partial charge in [0.1, 0.15) is 5.56 Å². The number of primary amides is 1. The monoisotopic (exact) mass is 518 g/mol. The third-order valence-corrected chi connectivity index (χ3v) is 7.09. The van der Waals surface area contributed by atoms with Gasteiger partial charge in [0, 0.05) is 30.3 Å². The van der Waals surface area contributed by atoms with Gasteiger partial charge in [-0.1, -0.05) is 18.2 Å². The lowest BCUT2D eigenvalue weighted by Gasteiger charge is -2.14. The highest BCUT2D eigenvalue weighted by Crippen LogP contribution is 2.26. The molecular formula is C26H26N6O4S. The molecule has 1 amide bonds. The first kappa shape index (κ1) is 24.6. The molecule has 190 valence electrons. The number of carbonyl (C=O) groups is 1. The number of aromatic nitrogens is 3. The second kappa shape index (κ2) is 9.75. The lowest BCUT2D eigenvalue weighted by Crippen LogP contribution is -2.24. The van der Waals surface area contributed by atoms with E-state index in [2.05, 4.69) is 32.1 Å². The van der Waals surface area contributed by atoms with Gasteiger partial charge in [0.15, 0.2) is 5.65 Å². The highest BCUT2D eigenvalue weighted by molar-refractivity contribution is 7.88. The summed E-state index contributed by atoms with van der Waals surface area (Å²) in [5.41, 5.74) is 10.2. The molecule has 10 nitrogen and oxygen atoms in total. The minimum atomic E-state index is -3.23. The number of hydrogen-bond donors (Lipinski definition) is 3. The summed E-state index contributed by atoms with van der Waals surface area (Å²) < 4.78 is 26.6. The van der Waals surface area contributed by atoms with Gasteiger partial charge in [0.25, 0.3) is 5.91 Å². The Morgan fingerprint density at radius 2 is 1.86 bits per heavy atom. The maximum absolute atomic E-state index is 12.9. The summed E-state index contributed by atoms with van der Waals surface area (Å²) in [7, 11) is -3.23. The molecule has 37 heavy (non-hydrogen) atoms. The fourth-order valence-electron chi connectivity index (χ4n) is 4.52. The second-order valence-electron chi connectivity index (χ2n) is 9.08. The SMILES string of the molecule is CS(=O)(=O)NCCc1ccc(Nc2ncc3c(=O)c(C(N)=O)cn(-c4ccc5c(c4)CCC5)c3n2)cc1. The van der Waals surface area contributed by atoms with Gasteiger partial charge < -0.3 is 15.6 Å². The van der Waals surface area contributed by atoms with Crippen molar-refractivity contribution in [2.24, 2.45) is 5.73 Å².